The van der Waals surface area contributed by atoms with Crippen molar-refractivity contribution in [3.8, 4) is 0 Å². The number of carbonyl (C=O) groups excluding carboxylic acids is 1. The summed E-state index contributed by atoms with van der Waals surface area (Å²) in [6, 6.07) is 13.6. The Morgan fingerprint density at radius 1 is 1.06 bits per heavy atom. The molecule has 2 aromatic carbocycles. The number of carbonyl (C=O) groups is 2. The number of nitrogens with two attached hydrogens (primary N) is 1. The second kappa shape index (κ2) is 8.80. The van der Waals surface area contributed by atoms with Gasteiger partial charge in [0.1, 0.15) is 0 Å². The van der Waals surface area contributed by atoms with Gasteiger partial charge in [-0.1, -0.05) is 24.3 Å². The number of aromatic amines is 1. The van der Waals surface area contributed by atoms with Crippen LogP contribution >= 0.6 is 0 Å². The molecular weight excluding hydrogens is 412 g/mol. The van der Waals surface area contributed by atoms with Crippen LogP contribution in [0.5, 0.6) is 0 Å². The summed E-state index contributed by atoms with van der Waals surface area (Å²) in [7, 11) is 0. The summed E-state index contributed by atoms with van der Waals surface area (Å²) in [4.78, 5) is 53.0. The molecule has 1 fully saturated rings. The molecule has 2 heterocycles. The average molecular weight is 436 g/mol. The van der Waals surface area contributed by atoms with Gasteiger partial charge in [0.2, 0.25) is 5.91 Å². The summed E-state index contributed by atoms with van der Waals surface area (Å²) in [6.07, 6.45) is 0.607. The molecular formula is C23H24N4O5. The molecule has 4 rings (SSSR count). The van der Waals surface area contributed by atoms with Crippen molar-refractivity contribution in [2.24, 2.45) is 11.7 Å². The fourth-order valence-corrected chi connectivity index (χ4v) is 4.41. The number of hydrogen-bond acceptors (Lipinski definition) is 5. The number of rotatable bonds is 6. The number of likely N-dealkylation sites (tertiary alicyclic amines) is 1. The van der Waals surface area contributed by atoms with Gasteiger partial charge in [-0.25, -0.2) is 4.79 Å². The van der Waals surface area contributed by atoms with Crippen LogP contribution in [0.15, 0.2) is 58.1 Å². The van der Waals surface area contributed by atoms with Gasteiger partial charge in [-0.05, 0) is 48.7 Å². The number of H-pyrrole nitrogens is 1. The van der Waals surface area contributed by atoms with Gasteiger partial charge in [0.25, 0.3) is 5.56 Å². The lowest BCUT2D eigenvalue weighted by Gasteiger charge is -2.36. The number of nitrogens with zero attached hydrogens (tertiary/aromatic N) is 2. The van der Waals surface area contributed by atoms with Gasteiger partial charge in [-0.3, -0.25) is 19.0 Å². The molecule has 9 nitrogen and oxygen atoms in total. The second-order valence-electron chi connectivity index (χ2n) is 8.06. The summed E-state index contributed by atoms with van der Waals surface area (Å²) >= 11 is 0. The maximum absolute atomic E-state index is 12.7. The van der Waals surface area contributed by atoms with E-state index in [0.29, 0.717) is 42.5 Å². The lowest BCUT2D eigenvalue weighted by atomic mass is 9.80. The molecule has 0 spiro atoms. The first-order valence-electron chi connectivity index (χ1n) is 10.4. The van der Waals surface area contributed by atoms with E-state index in [-0.39, 0.29) is 18.0 Å². The Morgan fingerprint density at radius 3 is 2.47 bits per heavy atom. The number of aromatic nitrogens is 2. The number of hydrogen-bond donors (Lipinski definition) is 3. The summed E-state index contributed by atoms with van der Waals surface area (Å²) in [5.74, 6) is -2.27. The zero-order valence-electron chi connectivity index (χ0n) is 17.4. The number of benzene rings is 2. The molecule has 9 heteroatoms. The van der Waals surface area contributed by atoms with Crippen LogP contribution in [-0.4, -0.2) is 51.1 Å². The highest BCUT2D eigenvalue weighted by Gasteiger charge is 2.35. The average Bonchev–Trinajstić information content (AvgIpc) is 2.79. The molecule has 1 aliphatic heterocycles. The third-order valence-electron chi connectivity index (χ3n) is 6.17. The summed E-state index contributed by atoms with van der Waals surface area (Å²) in [5, 5.41) is 10.2. The lowest BCUT2D eigenvalue weighted by molar-refractivity contribution is -0.144. The van der Waals surface area contributed by atoms with Crippen LogP contribution in [0.4, 0.5) is 0 Å². The number of piperidine rings is 1. The standard InChI is InChI=1S/C23H24N4O5/c24-20(28)15-7-5-14(6-8-15)16-9-10-26(13-18(16)22(30)31)11-12-27-21(29)17-3-1-2-4-19(17)25-23(27)32/h1-8,16,18H,9-13H2,(H2,24,28)(H,25,32)(H,30,31). The highest BCUT2D eigenvalue weighted by atomic mass is 16.4. The molecule has 0 bridgehead atoms. The number of fused-ring (bicyclic) bond motifs is 1. The first-order valence-corrected chi connectivity index (χ1v) is 10.4. The molecule has 166 valence electrons. The van der Waals surface area contributed by atoms with Crippen LogP contribution in [0.3, 0.4) is 0 Å². The molecule has 2 unspecified atom stereocenters. The number of primary amides is 1. The predicted octanol–water partition coefficient (Wildman–Crippen LogP) is 0.979. The minimum atomic E-state index is -0.903. The van der Waals surface area contributed by atoms with Crippen LogP contribution < -0.4 is 17.0 Å². The molecule has 2 atom stereocenters. The highest BCUT2D eigenvalue weighted by Crippen LogP contribution is 2.33. The molecule has 1 saturated heterocycles. The van der Waals surface area contributed by atoms with E-state index >= 15 is 0 Å². The zero-order valence-corrected chi connectivity index (χ0v) is 17.4. The van der Waals surface area contributed by atoms with Crippen LogP contribution in [0.1, 0.15) is 28.3 Å². The number of nitrogens with one attached hydrogen (secondary N) is 1. The predicted molar refractivity (Wildman–Crippen MR) is 119 cm³/mol. The topological polar surface area (TPSA) is 138 Å². The van der Waals surface area contributed by atoms with E-state index in [2.05, 4.69) is 4.98 Å². The van der Waals surface area contributed by atoms with E-state index < -0.39 is 23.5 Å². The number of carboxylic acid groups (broad SMARTS) is 1. The van der Waals surface area contributed by atoms with Crippen molar-refractivity contribution in [3.05, 3.63) is 80.5 Å². The minimum absolute atomic E-state index is 0.170. The van der Waals surface area contributed by atoms with Crippen LogP contribution in [0.25, 0.3) is 10.9 Å². The van der Waals surface area contributed by atoms with Crippen molar-refractivity contribution in [1.29, 1.82) is 0 Å². The van der Waals surface area contributed by atoms with Gasteiger partial charge in [0, 0.05) is 25.2 Å². The fraction of sp³-hybridized carbons (Fsp3) is 0.304. The minimum Gasteiger partial charge on any atom is -0.481 e. The molecule has 1 aromatic heterocycles. The van der Waals surface area contributed by atoms with Crippen LogP contribution in [0.2, 0.25) is 0 Å². The van der Waals surface area contributed by atoms with E-state index in [1.54, 1.807) is 48.5 Å². The molecule has 0 saturated carbocycles. The number of carboxylic acids is 1. The second-order valence-corrected chi connectivity index (χ2v) is 8.06. The first kappa shape index (κ1) is 21.5. The maximum Gasteiger partial charge on any atom is 0.328 e. The van der Waals surface area contributed by atoms with Gasteiger partial charge in [-0.2, -0.15) is 0 Å². The van der Waals surface area contributed by atoms with Gasteiger partial charge < -0.3 is 20.7 Å². The third kappa shape index (κ3) is 4.19. The largest absolute Gasteiger partial charge is 0.481 e. The quantitative estimate of drug-likeness (QED) is 0.527. The van der Waals surface area contributed by atoms with Gasteiger partial charge >= 0.3 is 11.7 Å². The smallest absolute Gasteiger partial charge is 0.328 e. The molecule has 1 amide bonds. The van der Waals surface area contributed by atoms with Gasteiger partial charge in [0.15, 0.2) is 0 Å². The van der Waals surface area contributed by atoms with Crippen LogP contribution in [0, 0.1) is 5.92 Å². The van der Waals surface area contributed by atoms with Gasteiger partial charge in [0.05, 0.1) is 16.8 Å². The molecule has 3 aromatic rings. The number of aliphatic carboxylic acids is 1. The van der Waals surface area contributed by atoms with E-state index in [1.165, 1.54) is 0 Å². The van der Waals surface area contributed by atoms with E-state index in [4.69, 9.17) is 5.73 Å². The SMILES string of the molecule is NC(=O)c1ccc(C2CCN(CCn3c(=O)[nH]c4ccccc4c3=O)CC2C(=O)O)cc1. The van der Waals surface area contributed by atoms with E-state index in [9.17, 15) is 24.3 Å². The molecule has 0 radical (unpaired) electrons. The Kier molecular flexibility index (Phi) is 5.91. The Bertz CT molecular complexity index is 1280. The van der Waals surface area contributed by atoms with E-state index in [1.807, 2.05) is 4.90 Å². The highest BCUT2D eigenvalue weighted by molar-refractivity contribution is 5.92. The first-order chi connectivity index (χ1) is 15.3. The van der Waals surface area contributed by atoms with Crippen LogP contribution in [-0.2, 0) is 11.3 Å². The molecule has 1 aliphatic rings. The summed E-state index contributed by atoms with van der Waals surface area (Å²) in [5.41, 5.74) is 6.17. The Hall–Kier alpha value is -3.72. The van der Waals surface area contributed by atoms with E-state index in [0.717, 1.165) is 10.1 Å². The van der Waals surface area contributed by atoms with Crippen molar-refractivity contribution in [1.82, 2.24) is 14.5 Å². The molecule has 4 N–H and O–H groups in total. The summed E-state index contributed by atoms with van der Waals surface area (Å²) in [6.45, 7) is 1.49. The molecule has 32 heavy (non-hydrogen) atoms. The summed E-state index contributed by atoms with van der Waals surface area (Å²) < 4.78 is 1.16. The number of amides is 1. The monoisotopic (exact) mass is 436 g/mol. The fourth-order valence-electron chi connectivity index (χ4n) is 4.41. The third-order valence-corrected chi connectivity index (χ3v) is 6.17. The lowest BCUT2D eigenvalue weighted by Crippen LogP contribution is -2.46. The Balaban J connectivity index is 1.49. The normalized spacial score (nSPS) is 19.1. The Labute approximate surface area is 183 Å². The Morgan fingerprint density at radius 2 is 1.78 bits per heavy atom. The number of para-hydroxylation sites is 1. The molecule has 0 aliphatic carbocycles. The van der Waals surface area contributed by atoms with Crippen molar-refractivity contribution in [3.63, 3.8) is 0 Å². The van der Waals surface area contributed by atoms with Crippen molar-refractivity contribution in [2.75, 3.05) is 19.6 Å². The zero-order chi connectivity index (χ0) is 22.8. The van der Waals surface area contributed by atoms with Crippen molar-refractivity contribution in [2.45, 2.75) is 18.9 Å². The van der Waals surface area contributed by atoms with Crippen molar-refractivity contribution >= 4 is 22.8 Å². The van der Waals surface area contributed by atoms with Gasteiger partial charge in [-0.15, -0.1) is 0 Å². The maximum atomic E-state index is 12.7. The van der Waals surface area contributed by atoms with Crippen molar-refractivity contribution < 1.29 is 14.7 Å².